The summed E-state index contributed by atoms with van der Waals surface area (Å²) in [6.07, 6.45) is 0. The zero-order chi connectivity index (χ0) is 24.2. The maximum Gasteiger partial charge on any atom is 0.354 e. The first-order valence-corrected chi connectivity index (χ1v) is 11.3. The van der Waals surface area contributed by atoms with Crippen molar-refractivity contribution in [2.24, 2.45) is 5.73 Å². The topological polar surface area (TPSA) is 118 Å². The molecular weight excluding hydrogens is 466 g/mol. The molecule has 0 amide bonds. The van der Waals surface area contributed by atoms with E-state index in [0.717, 1.165) is 16.7 Å². The van der Waals surface area contributed by atoms with E-state index in [0.29, 0.717) is 40.5 Å². The number of aromatic nitrogens is 1. The van der Waals surface area contributed by atoms with Crippen LogP contribution in [-0.2, 0) is 13.1 Å². The quantitative estimate of drug-likeness (QED) is 0.195. The van der Waals surface area contributed by atoms with Gasteiger partial charge in [0.25, 0.3) is 0 Å². The second-order valence-corrected chi connectivity index (χ2v) is 8.60. The molecule has 0 atom stereocenters. The molecular formula is C25H23N5O2S2. The minimum Gasteiger partial charge on any atom is -0.477 e. The summed E-state index contributed by atoms with van der Waals surface area (Å²) in [7, 11) is 0. The molecule has 34 heavy (non-hydrogen) atoms. The van der Waals surface area contributed by atoms with Gasteiger partial charge in [-0.05, 0) is 47.6 Å². The third-order valence-corrected chi connectivity index (χ3v) is 5.86. The molecule has 7 N–H and O–H groups in total. The van der Waals surface area contributed by atoms with E-state index in [1.54, 1.807) is 22.8 Å². The predicted molar refractivity (Wildman–Crippen MR) is 144 cm³/mol. The Morgan fingerprint density at radius 1 is 0.971 bits per heavy atom. The van der Waals surface area contributed by atoms with Gasteiger partial charge in [0.05, 0.1) is 11.2 Å². The number of fused-ring (bicyclic) bond motifs is 1. The second-order valence-electron chi connectivity index (χ2n) is 7.75. The van der Waals surface area contributed by atoms with Crippen molar-refractivity contribution in [3.8, 4) is 0 Å². The summed E-state index contributed by atoms with van der Waals surface area (Å²) in [5.41, 5.74) is 16.1. The highest BCUT2D eigenvalue weighted by molar-refractivity contribution is 7.80. The number of aromatic carboxylic acids is 1. The van der Waals surface area contributed by atoms with E-state index in [9.17, 15) is 9.90 Å². The smallest absolute Gasteiger partial charge is 0.354 e. The van der Waals surface area contributed by atoms with E-state index in [2.05, 4.69) is 10.6 Å². The van der Waals surface area contributed by atoms with Gasteiger partial charge in [-0.3, -0.25) is 0 Å². The number of nitrogens with zero attached hydrogens (tertiary/aromatic N) is 1. The van der Waals surface area contributed by atoms with Crippen molar-refractivity contribution in [2.45, 2.75) is 13.1 Å². The highest BCUT2D eigenvalue weighted by Crippen LogP contribution is 2.33. The van der Waals surface area contributed by atoms with Crippen molar-refractivity contribution in [2.75, 3.05) is 11.1 Å². The van der Waals surface area contributed by atoms with Gasteiger partial charge in [0.2, 0.25) is 0 Å². The summed E-state index contributed by atoms with van der Waals surface area (Å²) in [5.74, 6) is -1.09. The standard InChI is InChI=1S/C25H23N5O2S2/c26-18-9-10-20-19(12-18)21(29-25(34)28-13-15-5-2-1-3-6-15)22(24(31)32)30(20)14-16-7-4-8-17(11-16)23(27)33/h1-12H,13-14,26H2,(H2,27,33)(H,31,32)(H2,28,29,34). The summed E-state index contributed by atoms with van der Waals surface area (Å²) >= 11 is 10.6. The zero-order valence-corrected chi connectivity index (χ0v) is 19.7. The van der Waals surface area contributed by atoms with Crippen LogP contribution in [0.1, 0.15) is 27.2 Å². The highest BCUT2D eigenvalue weighted by atomic mass is 32.1. The lowest BCUT2D eigenvalue weighted by Crippen LogP contribution is -2.28. The fraction of sp³-hybridized carbons (Fsp3) is 0.0800. The number of rotatable bonds is 7. The molecule has 0 aliphatic heterocycles. The van der Waals surface area contributed by atoms with Gasteiger partial charge in [-0.2, -0.15) is 0 Å². The number of hydrogen-bond acceptors (Lipinski definition) is 4. The normalized spacial score (nSPS) is 10.7. The third kappa shape index (κ3) is 5.00. The average molecular weight is 490 g/mol. The zero-order valence-electron chi connectivity index (χ0n) is 18.1. The van der Waals surface area contributed by atoms with Gasteiger partial charge < -0.3 is 31.8 Å². The lowest BCUT2D eigenvalue weighted by atomic mass is 10.1. The summed E-state index contributed by atoms with van der Waals surface area (Å²) in [5, 5.41) is 17.4. The average Bonchev–Trinajstić information content (AvgIpc) is 3.10. The summed E-state index contributed by atoms with van der Waals surface area (Å²) in [6.45, 7) is 0.798. The van der Waals surface area contributed by atoms with E-state index in [-0.39, 0.29) is 10.7 Å². The number of hydrogen-bond donors (Lipinski definition) is 5. The molecule has 0 radical (unpaired) electrons. The van der Waals surface area contributed by atoms with Gasteiger partial charge in [0.15, 0.2) is 10.8 Å². The van der Waals surface area contributed by atoms with E-state index in [4.69, 9.17) is 35.9 Å². The molecule has 0 unspecified atom stereocenters. The first-order chi connectivity index (χ1) is 16.3. The lowest BCUT2D eigenvalue weighted by Gasteiger charge is -2.13. The van der Waals surface area contributed by atoms with E-state index in [1.807, 2.05) is 54.6 Å². The van der Waals surface area contributed by atoms with Crippen LogP contribution in [0, 0.1) is 0 Å². The first kappa shape index (κ1) is 23.2. The van der Waals surface area contributed by atoms with Gasteiger partial charge in [0, 0.05) is 29.7 Å². The van der Waals surface area contributed by atoms with Crippen molar-refractivity contribution in [1.29, 1.82) is 0 Å². The van der Waals surface area contributed by atoms with E-state index >= 15 is 0 Å². The molecule has 0 bridgehead atoms. The van der Waals surface area contributed by atoms with E-state index in [1.165, 1.54) is 0 Å². The molecule has 7 nitrogen and oxygen atoms in total. The summed E-state index contributed by atoms with van der Waals surface area (Å²) in [4.78, 5) is 12.7. The Bertz CT molecular complexity index is 1400. The van der Waals surface area contributed by atoms with Gasteiger partial charge in [0.1, 0.15) is 4.99 Å². The molecule has 3 aromatic carbocycles. The lowest BCUT2D eigenvalue weighted by molar-refractivity contribution is 0.0687. The molecule has 1 heterocycles. The van der Waals surface area contributed by atoms with Crippen molar-refractivity contribution in [1.82, 2.24) is 9.88 Å². The minimum absolute atomic E-state index is 0.0742. The number of nitrogens with one attached hydrogen (secondary N) is 2. The molecule has 4 aromatic rings. The van der Waals surface area contributed by atoms with Crippen LogP contribution < -0.4 is 22.1 Å². The number of anilines is 2. The van der Waals surface area contributed by atoms with Crippen LogP contribution in [0.4, 0.5) is 11.4 Å². The number of benzene rings is 3. The van der Waals surface area contributed by atoms with Crippen LogP contribution in [0.25, 0.3) is 10.9 Å². The Labute approximate surface area is 207 Å². The van der Waals surface area contributed by atoms with Crippen LogP contribution in [0.5, 0.6) is 0 Å². The van der Waals surface area contributed by atoms with Gasteiger partial charge >= 0.3 is 5.97 Å². The van der Waals surface area contributed by atoms with Crippen molar-refractivity contribution in [3.05, 3.63) is 95.2 Å². The van der Waals surface area contributed by atoms with Crippen LogP contribution in [0.2, 0.25) is 0 Å². The number of nitrogen functional groups attached to an aromatic ring is 1. The van der Waals surface area contributed by atoms with Crippen molar-refractivity contribution >= 4 is 62.8 Å². The number of carboxylic acids is 1. The Kier molecular flexibility index (Phi) is 6.76. The van der Waals surface area contributed by atoms with Gasteiger partial charge in [-0.25, -0.2) is 4.79 Å². The Balaban J connectivity index is 1.73. The fourth-order valence-electron chi connectivity index (χ4n) is 3.83. The second kappa shape index (κ2) is 9.90. The van der Waals surface area contributed by atoms with E-state index < -0.39 is 5.97 Å². The summed E-state index contributed by atoms with van der Waals surface area (Å²) in [6, 6.07) is 22.5. The predicted octanol–water partition coefficient (Wildman–Crippen LogP) is 4.09. The van der Waals surface area contributed by atoms with Crippen LogP contribution in [0.15, 0.2) is 72.8 Å². The maximum atomic E-state index is 12.4. The SMILES string of the molecule is NC(=S)c1cccc(Cn2c(C(=O)O)c(NC(=S)NCc3ccccc3)c3cc(N)ccc32)c1. The molecule has 0 spiro atoms. The van der Waals surface area contributed by atoms with Crippen molar-refractivity contribution < 1.29 is 9.90 Å². The number of carboxylic acid groups (broad SMARTS) is 1. The third-order valence-electron chi connectivity index (χ3n) is 5.38. The highest BCUT2D eigenvalue weighted by Gasteiger charge is 2.24. The minimum atomic E-state index is -1.09. The number of thiocarbonyl (C=S) groups is 2. The van der Waals surface area contributed by atoms with Crippen LogP contribution in [-0.4, -0.2) is 25.7 Å². The number of carbonyl (C=O) groups is 1. The maximum absolute atomic E-state index is 12.4. The fourth-order valence-corrected chi connectivity index (χ4v) is 4.13. The molecule has 0 fully saturated rings. The van der Waals surface area contributed by atoms with Gasteiger partial charge in [-0.1, -0.05) is 60.7 Å². The monoisotopic (exact) mass is 489 g/mol. The Morgan fingerprint density at radius 3 is 2.41 bits per heavy atom. The van der Waals surface area contributed by atoms with Crippen molar-refractivity contribution in [3.63, 3.8) is 0 Å². The molecule has 172 valence electrons. The largest absolute Gasteiger partial charge is 0.477 e. The molecule has 0 aliphatic carbocycles. The molecule has 0 saturated carbocycles. The Morgan fingerprint density at radius 2 is 1.71 bits per heavy atom. The molecule has 9 heteroatoms. The van der Waals surface area contributed by atoms with Crippen LogP contribution in [0.3, 0.4) is 0 Å². The van der Waals surface area contributed by atoms with Gasteiger partial charge in [-0.15, -0.1) is 0 Å². The molecule has 0 saturated heterocycles. The first-order valence-electron chi connectivity index (χ1n) is 10.5. The molecule has 1 aromatic heterocycles. The summed E-state index contributed by atoms with van der Waals surface area (Å²) < 4.78 is 1.72. The van der Waals surface area contributed by atoms with Crippen LogP contribution >= 0.6 is 24.4 Å². The Hall–Kier alpha value is -3.95. The molecule has 0 aliphatic rings. The molecule has 4 rings (SSSR count). The number of nitrogens with two attached hydrogens (primary N) is 2.